The Bertz CT molecular complexity index is 801. The van der Waals surface area contributed by atoms with Crippen molar-refractivity contribution >= 4 is 11.6 Å². The van der Waals surface area contributed by atoms with Gasteiger partial charge in [-0.15, -0.1) is 0 Å². The van der Waals surface area contributed by atoms with Gasteiger partial charge in [0.2, 0.25) is 0 Å². The molecule has 1 N–H and O–H groups in total. The maximum absolute atomic E-state index is 9.49. The Morgan fingerprint density at radius 1 is 1.22 bits per heavy atom. The van der Waals surface area contributed by atoms with Crippen LogP contribution >= 0.6 is 0 Å². The van der Waals surface area contributed by atoms with Crippen molar-refractivity contribution < 1.29 is 5.11 Å². The molecule has 0 spiro atoms. The van der Waals surface area contributed by atoms with Gasteiger partial charge in [-0.2, -0.15) is 14.6 Å². The summed E-state index contributed by atoms with van der Waals surface area (Å²) in [4.78, 5) is 11.2. The van der Waals surface area contributed by atoms with E-state index in [1.807, 2.05) is 30.3 Å². The van der Waals surface area contributed by atoms with Gasteiger partial charge < -0.3 is 10.0 Å². The first-order chi connectivity index (χ1) is 11.3. The normalized spacial score (nSPS) is 18.5. The lowest BCUT2D eigenvalue weighted by atomic mass is 9.99. The molecule has 2 aromatic heterocycles. The van der Waals surface area contributed by atoms with Gasteiger partial charge in [0.15, 0.2) is 0 Å². The highest BCUT2D eigenvalue weighted by Crippen LogP contribution is 2.27. The highest BCUT2D eigenvalue weighted by Gasteiger charge is 2.22. The predicted molar refractivity (Wildman–Crippen MR) is 88.2 cm³/mol. The lowest BCUT2D eigenvalue weighted by Gasteiger charge is -2.33. The van der Waals surface area contributed by atoms with Crippen molar-refractivity contribution in [2.45, 2.75) is 12.8 Å². The molecule has 1 aliphatic rings. The quantitative estimate of drug-likeness (QED) is 0.801. The fourth-order valence-electron chi connectivity index (χ4n) is 3.20. The van der Waals surface area contributed by atoms with Gasteiger partial charge in [0.1, 0.15) is 12.1 Å². The monoisotopic (exact) mass is 309 g/mol. The molecule has 1 fully saturated rings. The average Bonchev–Trinajstić information content (AvgIpc) is 3.10. The van der Waals surface area contributed by atoms with E-state index in [1.54, 1.807) is 4.52 Å². The van der Waals surface area contributed by atoms with Crippen molar-refractivity contribution in [2.24, 2.45) is 5.92 Å². The number of piperidine rings is 1. The van der Waals surface area contributed by atoms with Crippen LogP contribution in [0.3, 0.4) is 0 Å². The summed E-state index contributed by atoms with van der Waals surface area (Å²) in [5.41, 5.74) is 1.96. The van der Waals surface area contributed by atoms with Gasteiger partial charge in [-0.3, -0.25) is 0 Å². The molecule has 0 amide bonds. The minimum absolute atomic E-state index is 0.230. The molecule has 6 nitrogen and oxygen atoms in total. The minimum Gasteiger partial charge on any atom is -0.396 e. The molecule has 3 heterocycles. The van der Waals surface area contributed by atoms with Gasteiger partial charge in [0.05, 0.1) is 5.69 Å². The maximum Gasteiger partial charge on any atom is 0.254 e. The van der Waals surface area contributed by atoms with Crippen LogP contribution in [0.2, 0.25) is 0 Å². The zero-order valence-electron chi connectivity index (χ0n) is 12.8. The molecular formula is C17H19N5O. The highest BCUT2D eigenvalue weighted by molar-refractivity contribution is 5.65. The first kappa shape index (κ1) is 14.1. The van der Waals surface area contributed by atoms with Crippen LogP contribution in [0, 0.1) is 5.92 Å². The first-order valence-corrected chi connectivity index (χ1v) is 7.97. The van der Waals surface area contributed by atoms with E-state index in [2.05, 4.69) is 26.0 Å². The molecular weight excluding hydrogens is 290 g/mol. The topological polar surface area (TPSA) is 66.5 Å². The predicted octanol–water partition coefficient (Wildman–Crippen LogP) is 2.00. The molecule has 0 bridgehead atoms. The number of anilines is 1. The second-order valence-corrected chi connectivity index (χ2v) is 5.97. The van der Waals surface area contributed by atoms with Crippen LogP contribution in [-0.2, 0) is 0 Å². The van der Waals surface area contributed by atoms with Crippen LogP contribution < -0.4 is 4.90 Å². The maximum atomic E-state index is 9.49. The van der Waals surface area contributed by atoms with Crippen LogP contribution in [0.1, 0.15) is 12.8 Å². The fourth-order valence-corrected chi connectivity index (χ4v) is 3.20. The lowest BCUT2D eigenvalue weighted by Crippen LogP contribution is -2.38. The largest absolute Gasteiger partial charge is 0.396 e. The van der Waals surface area contributed by atoms with E-state index in [-0.39, 0.29) is 6.61 Å². The number of nitrogens with zero attached hydrogens (tertiary/aromatic N) is 5. The number of fused-ring (bicyclic) bond motifs is 1. The van der Waals surface area contributed by atoms with Gasteiger partial charge in [0.25, 0.3) is 5.78 Å². The summed E-state index contributed by atoms with van der Waals surface area (Å²) in [5, 5.41) is 13.8. The average molecular weight is 309 g/mol. The van der Waals surface area contributed by atoms with Crippen LogP contribution in [0.25, 0.3) is 17.0 Å². The second kappa shape index (κ2) is 5.96. The molecule has 6 heteroatoms. The van der Waals surface area contributed by atoms with Crippen LogP contribution in [0.15, 0.2) is 42.7 Å². The van der Waals surface area contributed by atoms with E-state index < -0.39 is 0 Å². The SMILES string of the molecule is OC[C@H]1CCCN(c2cc(-c3ccccc3)nc3ncnn23)C1. The van der Waals surface area contributed by atoms with Crippen molar-refractivity contribution in [2.75, 3.05) is 24.6 Å². The number of aliphatic hydroxyl groups excluding tert-OH is 1. The van der Waals surface area contributed by atoms with Crippen LogP contribution in [0.5, 0.6) is 0 Å². The number of rotatable bonds is 3. The van der Waals surface area contributed by atoms with Crippen molar-refractivity contribution in [3.8, 4) is 11.3 Å². The molecule has 4 rings (SSSR count). The van der Waals surface area contributed by atoms with Crippen molar-refractivity contribution in [3.63, 3.8) is 0 Å². The molecule has 1 aromatic carbocycles. The summed E-state index contributed by atoms with van der Waals surface area (Å²) < 4.78 is 1.78. The number of hydrogen-bond acceptors (Lipinski definition) is 5. The van der Waals surface area contributed by atoms with E-state index >= 15 is 0 Å². The summed E-state index contributed by atoms with van der Waals surface area (Å²) in [6, 6.07) is 12.2. The smallest absolute Gasteiger partial charge is 0.254 e. The Morgan fingerprint density at radius 3 is 2.91 bits per heavy atom. The van der Waals surface area contributed by atoms with E-state index in [0.717, 1.165) is 43.0 Å². The van der Waals surface area contributed by atoms with E-state index in [4.69, 9.17) is 0 Å². The zero-order chi connectivity index (χ0) is 15.6. The molecule has 0 unspecified atom stereocenters. The molecule has 23 heavy (non-hydrogen) atoms. The molecule has 0 radical (unpaired) electrons. The van der Waals surface area contributed by atoms with Gasteiger partial charge in [-0.05, 0) is 18.8 Å². The van der Waals surface area contributed by atoms with Crippen molar-refractivity contribution in [1.29, 1.82) is 0 Å². The first-order valence-electron chi connectivity index (χ1n) is 7.97. The van der Waals surface area contributed by atoms with Gasteiger partial charge in [0, 0.05) is 31.3 Å². The minimum atomic E-state index is 0.230. The molecule has 0 saturated carbocycles. The second-order valence-electron chi connectivity index (χ2n) is 5.97. The standard InChI is InChI=1S/C17H19N5O/c23-11-13-5-4-8-21(10-13)16-9-15(14-6-2-1-3-7-14)20-17-18-12-19-22(16)17/h1-3,6-7,9,12-13,23H,4-5,8,10-11H2/t13-/m0/s1. The third kappa shape index (κ3) is 2.66. The van der Waals surface area contributed by atoms with Gasteiger partial charge in [-0.25, -0.2) is 4.98 Å². The Morgan fingerprint density at radius 2 is 2.09 bits per heavy atom. The molecule has 0 aliphatic carbocycles. The van der Waals surface area contributed by atoms with Crippen molar-refractivity contribution in [1.82, 2.24) is 19.6 Å². The van der Waals surface area contributed by atoms with Crippen LogP contribution in [-0.4, -0.2) is 44.4 Å². The number of aromatic nitrogens is 4. The van der Waals surface area contributed by atoms with E-state index in [0.29, 0.717) is 11.7 Å². The third-order valence-corrected chi connectivity index (χ3v) is 4.40. The lowest BCUT2D eigenvalue weighted by molar-refractivity contribution is 0.208. The summed E-state index contributed by atoms with van der Waals surface area (Å²) in [7, 11) is 0. The molecule has 1 saturated heterocycles. The summed E-state index contributed by atoms with van der Waals surface area (Å²) >= 11 is 0. The van der Waals surface area contributed by atoms with Gasteiger partial charge in [-0.1, -0.05) is 30.3 Å². The number of hydrogen-bond donors (Lipinski definition) is 1. The summed E-state index contributed by atoms with van der Waals surface area (Å²) in [5.74, 6) is 1.91. The van der Waals surface area contributed by atoms with E-state index in [9.17, 15) is 5.11 Å². The molecule has 1 aliphatic heterocycles. The summed E-state index contributed by atoms with van der Waals surface area (Å²) in [6.07, 6.45) is 3.68. The Balaban J connectivity index is 1.80. The van der Waals surface area contributed by atoms with E-state index in [1.165, 1.54) is 6.33 Å². The zero-order valence-corrected chi connectivity index (χ0v) is 12.8. The number of aliphatic hydroxyl groups is 1. The Hall–Kier alpha value is -2.47. The van der Waals surface area contributed by atoms with Crippen LogP contribution in [0.4, 0.5) is 5.82 Å². The number of benzene rings is 1. The molecule has 1 atom stereocenters. The third-order valence-electron chi connectivity index (χ3n) is 4.40. The Labute approximate surface area is 134 Å². The molecule has 3 aromatic rings. The summed E-state index contributed by atoms with van der Waals surface area (Å²) in [6.45, 7) is 2.03. The Kier molecular flexibility index (Phi) is 3.67. The fraction of sp³-hybridized carbons (Fsp3) is 0.353. The molecule has 118 valence electrons. The van der Waals surface area contributed by atoms with Crippen molar-refractivity contribution in [3.05, 3.63) is 42.7 Å². The highest BCUT2D eigenvalue weighted by atomic mass is 16.3. The van der Waals surface area contributed by atoms with Gasteiger partial charge >= 0.3 is 0 Å².